The Morgan fingerprint density at radius 2 is 2.08 bits per heavy atom. The normalized spacial score (nSPS) is 27.8. The van der Waals surface area contributed by atoms with Crippen LogP contribution < -0.4 is 0 Å². The molecular formula is C10H11ClS2. The highest BCUT2D eigenvalue weighted by atomic mass is 35.5. The summed E-state index contributed by atoms with van der Waals surface area (Å²) >= 11 is 9.83. The third-order valence-electron chi connectivity index (χ3n) is 1.99. The van der Waals surface area contributed by atoms with Crippen molar-refractivity contribution in [2.75, 3.05) is 11.6 Å². The minimum Gasteiger partial charge on any atom is -0.142 e. The molecule has 1 aromatic rings. The van der Waals surface area contributed by atoms with Crippen molar-refractivity contribution in [1.82, 2.24) is 0 Å². The van der Waals surface area contributed by atoms with Gasteiger partial charge in [-0.15, -0.1) is 35.1 Å². The summed E-state index contributed by atoms with van der Waals surface area (Å²) in [5.41, 5.74) is 1.42. The van der Waals surface area contributed by atoms with Gasteiger partial charge in [0.25, 0.3) is 0 Å². The molecular weight excluding hydrogens is 220 g/mol. The maximum absolute atomic E-state index is 5.83. The van der Waals surface area contributed by atoms with Crippen molar-refractivity contribution in [2.45, 2.75) is 9.83 Å². The third-order valence-corrected chi connectivity index (χ3v) is 5.91. The molecule has 0 spiro atoms. The molecule has 2 atom stereocenters. The van der Waals surface area contributed by atoms with Gasteiger partial charge in [0.1, 0.15) is 0 Å². The Morgan fingerprint density at radius 3 is 2.69 bits per heavy atom. The van der Waals surface area contributed by atoms with E-state index in [2.05, 4.69) is 30.3 Å². The highest BCUT2D eigenvalue weighted by Crippen LogP contribution is 2.49. The highest BCUT2D eigenvalue weighted by molar-refractivity contribution is 8.19. The molecule has 13 heavy (non-hydrogen) atoms. The van der Waals surface area contributed by atoms with E-state index in [9.17, 15) is 0 Å². The standard InChI is InChI=1S/C10H11ClS2/c11-6-9-7-12-10(13-9)8-4-2-1-3-5-8/h1-5,9-10H,6-7H2. The van der Waals surface area contributed by atoms with Gasteiger partial charge in [0.05, 0.1) is 4.58 Å². The molecule has 0 N–H and O–H groups in total. The van der Waals surface area contributed by atoms with Crippen molar-refractivity contribution in [2.24, 2.45) is 0 Å². The molecule has 1 fully saturated rings. The average molecular weight is 231 g/mol. The minimum atomic E-state index is 0.602. The summed E-state index contributed by atoms with van der Waals surface area (Å²) in [4.78, 5) is 0. The molecule has 0 radical (unpaired) electrons. The first-order chi connectivity index (χ1) is 6.40. The number of benzene rings is 1. The number of hydrogen-bond acceptors (Lipinski definition) is 2. The smallest absolute Gasteiger partial charge is 0.0755 e. The summed E-state index contributed by atoms with van der Waals surface area (Å²) in [6.45, 7) is 0. The van der Waals surface area contributed by atoms with Gasteiger partial charge < -0.3 is 0 Å². The summed E-state index contributed by atoms with van der Waals surface area (Å²) < 4.78 is 0.602. The van der Waals surface area contributed by atoms with E-state index in [-0.39, 0.29) is 0 Å². The van der Waals surface area contributed by atoms with E-state index in [1.54, 1.807) is 0 Å². The molecule has 2 unspecified atom stereocenters. The van der Waals surface area contributed by atoms with Crippen LogP contribution in [0.2, 0.25) is 0 Å². The molecule has 1 aromatic carbocycles. The van der Waals surface area contributed by atoms with Crippen LogP contribution in [0.1, 0.15) is 10.1 Å². The molecule has 0 saturated carbocycles. The summed E-state index contributed by atoms with van der Waals surface area (Å²) in [5, 5.41) is 0.636. The van der Waals surface area contributed by atoms with Gasteiger partial charge in [-0.2, -0.15) is 0 Å². The molecule has 1 aliphatic rings. The zero-order valence-electron chi connectivity index (χ0n) is 7.15. The molecule has 0 bridgehead atoms. The number of rotatable bonds is 2. The Labute approximate surface area is 92.4 Å². The van der Waals surface area contributed by atoms with Gasteiger partial charge in [-0.25, -0.2) is 0 Å². The largest absolute Gasteiger partial charge is 0.142 e. The maximum Gasteiger partial charge on any atom is 0.0755 e. The summed E-state index contributed by atoms with van der Waals surface area (Å²) in [5.74, 6) is 1.97. The Balaban J connectivity index is 2.04. The molecule has 3 heteroatoms. The lowest BCUT2D eigenvalue weighted by atomic mass is 10.2. The van der Waals surface area contributed by atoms with Crippen molar-refractivity contribution >= 4 is 35.1 Å². The summed E-state index contributed by atoms with van der Waals surface area (Å²) in [6.07, 6.45) is 0. The van der Waals surface area contributed by atoms with E-state index < -0.39 is 0 Å². The third kappa shape index (κ3) is 2.36. The monoisotopic (exact) mass is 230 g/mol. The van der Waals surface area contributed by atoms with Crippen molar-refractivity contribution < 1.29 is 0 Å². The molecule has 1 heterocycles. The van der Waals surface area contributed by atoms with Crippen LogP contribution in [0.5, 0.6) is 0 Å². The molecule has 0 nitrogen and oxygen atoms in total. The first-order valence-electron chi connectivity index (χ1n) is 4.28. The molecule has 70 valence electrons. The topological polar surface area (TPSA) is 0 Å². The lowest BCUT2D eigenvalue weighted by molar-refractivity contribution is 1.16. The van der Waals surface area contributed by atoms with Crippen LogP contribution in [0.15, 0.2) is 30.3 Å². The Hall–Kier alpha value is 0.210. The van der Waals surface area contributed by atoms with Crippen LogP contribution in [0.25, 0.3) is 0 Å². The van der Waals surface area contributed by atoms with Gasteiger partial charge in [0.2, 0.25) is 0 Å². The zero-order chi connectivity index (χ0) is 9.10. The molecule has 0 amide bonds. The van der Waals surface area contributed by atoms with Crippen molar-refractivity contribution in [3.63, 3.8) is 0 Å². The molecule has 1 saturated heterocycles. The van der Waals surface area contributed by atoms with E-state index in [1.165, 1.54) is 11.3 Å². The van der Waals surface area contributed by atoms with Crippen molar-refractivity contribution in [3.8, 4) is 0 Å². The van der Waals surface area contributed by atoms with Gasteiger partial charge >= 0.3 is 0 Å². The Kier molecular flexibility index (Phi) is 3.47. The first kappa shape index (κ1) is 9.75. The molecule has 0 aromatic heterocycles. The average Bonchev–Trinajstić information content (AvgIpc) is 2.67. The lowest BCUT2D eigenvalue weighted by Gasteiger charge is -2.08. The summed E-state index contributed by atoms with van der Waals surface area (Å²) in [6, 6.07) is 10.7. The van der Waals surface area contributed by atoms with Crippen LogP contribution in [0.3, 0.4) is 0 Å². The second kappa shape index (κ2) is 4.63. The molecule has 1 aliphatic heterocycles. The predicted molar refractivity (Wildman–Crippen MR) is 63.7 cm³/mol. The highest BCUT2D eigenvalue weighted by Gasteiger charge is 2.25. The Bertz CT molecular complexity index is 263. The minimum absolute atomic E-state index is 0.602. The van der Waals surface area contributed by atoms with Gasteiger partial charge in [-0.1, -0.05) is 30.3 Å². The first-order valence-corrected chi connectivity index (χ1v) is 6.80. The maximum atomic E-state index is 5.83. The van der Waals surface area contributed by atoms with Crippen LogP contribution in [0.4, 0.5) is 0 Å². The van der Waals surface area contributed by atoms with Crippen molar-refractivity contribution in [1.29, 1.82) is 0 Å². The predicted octanol–water partition coefficient (Wildman–Crippen LogP) is 3.77. The fourth-order valence-corrected chi connectivity index (χ4v) is 4.94. The van der Waals surface area contributed by atoms with E-state index >= 15 is 0 Å². The van der Waals surface area contributed by atoms with E-state index in [0.29, 0.717) is 9.83 Å². The van der Waals surface area contributed by atoms with Crippen LogP contribution in [-0.4, -0.2) is 16.9 Å². The van der Waals surface area contributed by atoms with E-state index in [4.69, 9.17) is 11.6 Å². The van der Waals surface area contributed by atoms with Gasteiger partial charge in [-0.05, 0) is 5.56 Å². The second-order valence-corrected chi connectivity index (χ2v) is 6.14. The van der Waals surface area contributed by atoms with Gasteiger partial charge in [0.15, 0.2) is 0 Å². The van der Waals surface area contributed by atoms with Crippen LogP contribution in [-0.2, 0) is 0 Å². The number of halogens is 1. The van der Waals surface area contributed by atoms with E-state index in [0.717, 1.165) is 5.88 Å². The lowest BCUT2D eigenvalue weighted by Crippen LogP contribution is -2.00. The fraction of sp³-hybridized carbons (Fsp3) is 0.400. The number of thioether (sulfide) groups is 2. The Morgan fingerprint density at radius 1 is 1.31 bits per heavy atom. The van der Waals surface area contributed by atoms with Gasteiger partial charge in [0, 0.05) is 16.9 Å². The van der Waals surface area contributed by atoms with Crippen molar-refractivity contribution in [3.05, 3.63) is 35.9 Å². The molecule has 2 rings (SSSR count). The van der Waals surface area contributed by atoms with E-state index in [1.807, 2.05) is 23.5 Å². The van der Waals surface area contributed by atoms with Crippen LogP contribution in [0, 0.1) is 0 Å². The zero-order valence-corrected chi connectivity index (χ0v) is 9.54. The number of hydrogen-bond donors (Lipinski definition) is 0. The summed E-state index contributed by atoms with van der Waals surface area (Å²) in [7, 11) is 0. The second-order valence-electron chi connectivity index (χ2n) is 2.99. The quantitative estimate of drug-likeness (QED) is 0.710. The van der Waals surface area contributed by atoms with Gasteiger partial charge in [-0.3, -0.25) is 0 Å². The fourth-order valence-electron chi connectivity index (χ4n) is 1.31. The molecule has 0 aliphatic carbocycles. The van der Waals surface area contributed by atoms with Crippen LogP contribution >= 0.6 is 35.1 Å². The number of alkyl halides is 1. The SMILES string of the molecule is ClCC1CSC(c2ccccc2)S1.